The van der Waals surface area contributed by atoms with Crippen molar-refractivity contribution < 1.29 is 51.5 Å². The Morgan fingerprint density at radius 2 is 1.27 bits per heavy atom. The van der Waals surface area contributed by atoms with Crippen molar-refractivity contribution >= 4 is 46.3 Å². The van der Waals surface area contributed by atoms with Crippen molar-refractivity contribution in [2.45, 2.75) is 164 Å². The number of methoxy groups -OCH3 is 1. The van der Waals surface area contributed by atoms with Gasteiger partial charge in [-0.25, -0.2) is 4.79 Å². The molecule has 1 aromatic rings. The van der Waals surface area contributed by atoms with Crippen LogP contribution in [-0.2, 0) is 43.0 Å². The molecule has 4 bridgehead atoms. The number of thiol groups is 1. The summed E-state index contributed by atoms with van der Waals surface area (Å²) in [6, 6.07) is 6.13. The van der Waals surface area contributed by atoms with Gasteiger partial charge in [0.05, 0.1) is 30.0 Å². The van der Waals surface area contributed by atoms with E-state index >= 15 is 0 Å². The average Bonchev–Trinajstić information content (AvgIpc) is 3.84. The van der Waals surface area contributed by atoms with Gasteiger partial charge in [-0.3, -0.25) is 18.6 Å². The number of aliphatic hydroxyl groups is 2. The van der Waals surface area contributed by atoms with E-state index in [-0.39, 0.29) is 81.1 Å². The Kier molecular flexibility index (Phi) is 17.4. The van der Waals surface area contributed by atoms with Crippen LogP contribution in [0.5, 0.6) is 0 Å². The van der Waals surface area contributed by atoms with E-state index in [1.165, 1.54) is 18.6 Å². The lowest BCUT2D eigenvalue weighted by Crippen LogP contribution is -2.63. The first-order valence-electron chi connectivity index (χ1n) is 23.8. The number of esters is 2. The lowest BCUT2D eigenvalue weighted by Gasteiger charge is -2.61. The molecule has 0 aliphatic heterocycles. The SMILES string of the molecule is C.C=C[C@]1(C)CC[C@]2(C)C(C)CC[C@]3(CCC(=O)[C@H]32)[C@@H](C)[C@@H]1O.C=C[C@]1(C)C[C@@H](OC(=O)CS)[C@]2(C)C(C)CC[C@]3(CCC(=O)[C@H]32)[C@@H](C)[C@@H]1O.COC(=O)COS(=O)(=O)c1ccc(C)cc1. The molecule has 0 aromatic heterocycles. The minimum atomic E-state index is -3.88. The van der Waals surface area contributed by atoms with Crippen LogP contribution in [0.25, 0.3) is 0 Å². The molecule has 66 heavy (non-hydrogen) atoms. The van der Waals surface area contributed by atoms with Crippen molar-refractivity contribution in [3.63, 3.8) is 0 Å². The molecule has 6 aliphatic carbocycles. The number of benzene rings is 1. The fraction of sp³-hybridized carbons (Fsp3) is 0.736. The fourth-order valence-corrected chi connectivity index (χ4v) is 14.8. The zero-order valence-corrected chi connectivity index (χ0v) is 42.4. The Hall–Kier alpha value is -2.84. The summed E-state index contributed by atoms with van der Waals surface area (Å²) in [4.78, 5) is 49.0. The second kappa shape index (κ2) is 20.6. The standard InChI is InChI=1S/C22H34O4S.C20H32O2.C10H12O5S.CH4/c1-6-20(4)11-16(26-17(24)12-27)21(5)13(2)7-9-22(14(3)19(20)25)10-8-15(23)18(21)22;1-6-18(4)11-12-19(5)13(2)7-9-20(14(3)17(18)22)10-8-15(21)16(19)20;1-8-3-5-9(6-4-8)16(12,13)15-7-10(11)14-2;/h6,13-14,16,18-19,25,27H,1,7-12H2,2-5H3;6,13-14,16-17,22H,1,7-12H2,2-5H3;3-6H,7H2,1-2H3;1H4/t13?,14-,16+,18-,19-,20+,21-,22-;13?,14-,16-,17-,18+,19+,20-;;/m00../s1. The van der Waals surface area contributed by atoms with E-state index in [9.17, 15) is 37.8 Å². The molecule has 0 saturated heterocycles. The molecule has 13 heteroatoms. The van der Waals surface area contributed by atoms with E-state index in [4.69, 9.17) is 4.74 Å². The Morgan fingerprint density at radius 1 is 0.773 bits per heavy atom. The van der Waals surface area contributed by atoms with Crippen LogP contribution in [0, 0.1) is 74.9 Å². The van der Waals surface area contributed by atoms with Gasteiger partial charge in [0.1, 0.15) is 17.7 Å². The van der Waals surface area contributed by atoms with Crippen LogP contribution in [0.1, 0.15) is 139 Å². The summed E-state index contributed by atoms with van der Waals surface area (Å²) in [5.74, 6) is 0.624. The summed E-state index contributed by atoms with van der Waals surface area (Å²) >= 11 is 4.08. The summed E-state index contributed by atoms with van der Waals surface area (Å²) in [7, 11) is -2.73. The molecule has 6 aliphatic rings. The maximum Gasteiger partial charge on any atom is 0.333 e. The quantitative estimate of drug-likeness (QED) is 0.0981. The molecule has 11 nitrogen and oxygen atoms in total. The van der Waals surface area contributed by atoms with Crippen LogP contribution >= 0.6 is 12.6 Å². The maximum atomic E-state index is 13.2. The molecule has 0 heterocycles. The average molecular weight is 959 g/mol. The number of aliphatic hydroxyl groups excluding tert-OH is 2. The van der Waals surface area contributed by atoms with Gasteiger partial charge in [0.25, 0.3) is 10.1 Å². The van der Waals surface area contributed by atoms with Gasteiger partial charge < -0.3 is 19.7 Å². The van der Waals surface area contributed by atoms with Crippen molar-refractivity contribution in [2.24, 2.45) is 68.0 Å². The summed E-state index contributed by atoms with van der Waals surface area (Å²) in [5, 5.41) is 22.5. The van der Waals surface area contributed by atoms with Crippen molar-refractivity contribution in [3.05, 3.63) is 55.1 Å². The molecule has 2 N–H and O–H groups in total. The minimum Gasteiger partial charge on any atom is -0.467 e. The summed E-state index contributed by atoms with van der Waals surface area (Å²) in [6.45, 7) is 26.7. The minimum absolute atomic E-state index is 0. The first-order valence-corrected chi connectivity index (χ1v) is 25.8. The molecule has 0 amide bonds. The van der Waals surface area contributed by atoms with Crippen LogP contribution < -0.4 is 0 Å². The first kappa shape index (κ1) is 55.8. The Morgan fingerprint density at radius 3 is 1.79 bits per heavy atom. The molecule has 372 valence electrons. The third-order valence-electron chi connectivity index (χ3n) is 18.9. The summed E-state index contributed by atoms with van der Waals surface area (Å²) in [5.41, 5.74) is -0.444. The Balaban J connectivity index is 0.000000222. The molecule has 0 spiro atoms. The fourth-order valence-electron chi connectivity index (χ4n) is 13.9. The van der Waals surface area contributed by atoms with Gasteiger partial charge in [-0.05, 0) is 117 Å². The molecule has 0 radical (unpaired) electrons. The molecule has 15 atom stereocenters. The number of carbonyl (C=O) groups is 4. The molecular formula is C53H82O11S2. The second-order valence-electron chi connectivity index (χ2n) is 21.8. The molecule has 6 saturated carbocycles. The Bertz CT molecular complexity index is 2070. The number of carbonyl (C=O) groups excluding carboxylic acids is 4. The summed E-state index contributed by atoms with van der Waals surface area (Å²) < 4.78 is 37.8. The van der Waals surface area contributed by atoms with E-state index < -0.39 is 51.8 Å². The number of rotatable bonds is 8. The molecule has 2 unspecified atom stereocenters. The van der Waals surface area contributed by atoms with Gasteiger partial charge in [0, 0.05) is 40.9 Å². The van der Waals surface area contributed by atoms with Crippen LogP contribution in [-0.4, -0.2) is 79.9 Å². The second-order valence-corrected chi connectivity index (χ2v) is 23.8. The monoisotopic (exact) mass is 959 g/mol. The highest BCUT2D eigenvalue weighted by Gasteiger charge is 2.69. The van der Waals surface area contributed by atoms with Crippen molar-refractivity contribution in [1.82, 2.24) is 0 Å². The van der Waals surface area contributed by atoms with E-state index in [2.05, 4.69) is 83.2 Å². The van der Waals surface area contributed by atoms with Crippen molar-refractivity contribution in [1.29, 1.82) is 0 Å². The normalized spacial score (nSPS) is 41.4. The highest BCUT2D eigenvalue weighted by atomic mass is 32.2. The number of ether oxygens (including phenoxy) is 2. The highest BCUT2D eigenvalue weighted by molar-refractivity contribution is 7.86. The van der Waals surface area contributed by atoms with Gasteiger partial charge in [0.15, 0.2) is 6.61 Å². The molecular weight excluding hydrogens is 877 g/mol. The van der Waals surface area contributed by atoms with Gasteiger partial charge in [-0.2, -0.15) is 21.0 Å². The van der Waals surface area contributed by atoms with Crippen molar-refractivity contribution in [2.75, 3.05) is 19.5 Å². The maximum absolute atomic E-state index is 13.2. The topological polar surface area (TPSA) is 171 Å². The van der Waals surface area contributed by atoms with E-state index in [1.807, 2.05) is 26.0 Å². The third-order valence-corrected chi connectivity index (χ3v) is 20.4. The van der Waals surface area contributed by atoms with Gasteiger partial charge >= 0.3 is 11.9 Å². The van der Waals surface area contributed by atoms with Crippen LogP contribution in [0.15, 0.2) is 54.5 Å². The van der Waals surface area contributed by atoms with E-state index in [1.54, 1.807) is 12.1 Å². The van der Waals surface area contributed by atoms with Gasteiger partial charge in [-0.15, -0.1) is 13.2 Å². The van der Waals surface area contributed by atoms with Crippen molar-refractivity contribution in [3.8, 4) is 0 Å². The van der Waals surface area contributed by atoms with Crippen LogP contribution in [0.2, 0.25) is 0 Å². The highest BCUT2D eigenvalue weighted by Crippen LogP contribution is 2.69. The smallest absolute Gasteiger partial charge is 0.333 e. The number of ketones is 2. The van der Waals surface area contributed by atoms with Gasteiger partial charge in [0.2, 0.25) is 0 Å². The molecule has 7 rings (SSSR count). The zero-order valence-electron chi connectivity index (χ0n) is 40.7. The summed E-state index contributed by atoms with van der Waals surface area (Å²) in [6.07, 6.45) is 12.0. The number of aryl methyl sites for hydroxylation is 1. The van der Waals surface area contributed by atoms with Crippen LogP contribution in [0.4, 0.5) is 0 Å². The molecule has 6 fully saturated rings. The zero-order chi connectivity index (χ0) is 48.7. The predicted octanol–water partition coefficient (Wildman–Crippen LogP) is 9.70. The lowest BCUT2D eigenvalue weighted by molar-refractivity contribution is -0.205. The first-order chi connectivity index (χ1) is 30.2. The lowest BCUT2D eigenvalue weighted by atomic mass is 9.44. The van der Waals surface area contributed by atoms with Gasteiger partial charge in [-0.1, -0.05) is 92.7 Å². The number of hydrogen-bond donors (Lipinski definition) is 3. The van der Waals surface area contributed by atoms with Crippen LogP contribution in [0.3, 0.4) is 0 Å². The number of Topliss-reactive ketones (excluding diaryl/α,β-unsaturated/α-hetero) is 2. The van der Waals surface area contributed by atoms with E-state index in [0.29, 0.717) is 24.5 Å². The number of hydrogen-bond acceptors (Lipinski definition) is 12. The third kappa shape index (κ3) is 9.69. The Labute approximate surface area is 402 Å². The largest absolute Gasteiger partial charge is 0.467 e. The predicted molar refractivity (Wildman–Crippen MR) is 261 cm³/mol. The molecule has 1 aromatic carbocycles. The van der Waals surface area contributed by atoms with E-state index in [0.717, 1.165) is 64.0 Å².